The number of anilines is 6. The van der Waals surface area contributed by atoms with Gasteiger partial charge in [0.25, 0.3) is 0 Å². The van der Waals surface area contributed by atoms with Crippen LogP contribution in [0.15, 0.2) is 376 Å². The fraction of sp³-hybridized carbons (Fsp3) is 0.0192. The zero-order valence-corrected chi connectivity index (χ0v) is 60.9. The van der Waals surface area contributed by atoms with Gasteiger partial charge in [0.2, 0.25) is 13.4 Å². The molecule has 522 valence electrons. The van der Waals surface area contributed by atoms with Gasteiger partial charge in [-0.05, 0) is 227 Å². The van der Waals surface area contributed by atoms with Crippen molar-refractivity contribution in [2.75, 3.05) is 9.80 Å². The van der Waals surface area contributed by atoms with Gasteiger partial charge >= 0.3 is 11.9 Å². The van der Waals surface area contributed by atoms with Gasteiger partial charge in [0.1, 0.15) is 13.2 Å². The summed E-state index contributed by atoms with van der Waals surface area (Å²) in [6.07, 6.45) is 0. The molecule has 112 heavy (non-hydrogen) atoms. The first kappa shape index (κ1) is 64.8. The van der Waals surface area contributed by atoms with Crippen molar-refractivity contribution in [1.82, 2.24) is 0 Å². The summed E-state index contributed by atoms with van der Waals surface area (Å²) in [5, 5.41) is 6.66. The Balaban J connectivity index is 0.960. The standard InChI is InChI=1S/C104H66B2N2O4/c109-103(111-63-65-31-9-1-10-32-65)71-55-85-81-59-79(95-75(67-35-13-3-14-36-67)47-29-48-76(95)68-37-15-4-16-38-68)83-62-90-98-82(86-56-72(104(110)112-64-66-33-11-2-12-34-66)58-94-102(86)106(90)88-52-26-28-54-92(88)108(94)74-45-23-8-24-46-74)60-80(96-77(69-39-17-5-18-40-69)49-30-50-78(96)70-41-19-6-20-42-70)84-61-89(97(81)99(83)100(84)98)105-87-51-25-27-53-91(87)107(93(57-71)101(85)105)73-43-21-7-22-44-73/h1-62H,63-64H2. The summed E-state index contributed by atoms with van der Waals surface area (Å²) < 4.78 is 13.0. The van der Waals surface area contributed by atoms with Crippen LogP contribution >= 0.6 is 0 Å². The molecule has 0 spiro atoms. The highest BCUT2D eigenvalue weighted by Gasteiger charge is 2.47. The van der Waals surface area contributed by atoms with Crippen molar-refractivity contribution in [2.45, 2.75) is 13.2 Å². The lowest BCUT2D eigenvalue weighted by atomic mass is 9.31. The summed E-state index contributed by atoms with van der Waals surface area (Å²) in [5.41, 5.74) is 32.3. The predicted molar refractivity (Wildman–Crippen MR) is 463 cm³/mol. The molecule has 0 aromatic heterocycles. The first-order chi connectivity index (χ1) is 55.5. The van der Waals surface area contributed by atoms with Crippen molar-refractivity contribution >= 4 is 125 Å². The molecule has 4 heterocycles. The first-order valence-corrected chi connectivity index (χ1v) is 38.5. The lowest BCUT2D eigenvalue weighted by Crippen LogP contribution is -2.60. The SMILES string of the molecule is O=C(OCc1ccccc1)c1cc2c3c(c1)N(c1ccccc1)c1ccccc1B3c1cc3c(-c4c(-c5ccccc5)cccc4-c4ccccc4)cc4c5c(cc6c(-c7c(-c8ccccc8)cccc7-c7ccccc7)cc-2c1c6c35)B1c2ccccc2N(c2ccccc2)c2cc(C(=O)OCc3ccccc3)cc-4c21. The normalized spacial score (nSPS) is 12.5. The quantitative estimate of drug-likeness (QED) is 0.0614. The van der Waals surface area contributed by atoms with E-state index in [1.54, 1.807) is 0 Å². The van der Waals surface area contributed by atoms with E-state index in [1.165, 1.54) is 10.9 Å². The lowest BCUT2D eigenvalue weighted by Gasteiger charge is -2.42. The zero-order valence-electron chi connectivity index (χ0n) is 60.9. The molecule has 0 radical (unpaired) electrons. The molecule has 0 aliphatic carbocycles. The van der Waals surface area contributed by atoms with E-state index >= 15 is 9.59 Å². The molecule has 18 aromatic rings. The van der Waals surface area contributed by atoms with Crippen LogP contribution in [-0.4, -0.2) is 25.4 Å². The molecule has 4 aliphatic rings. The van der Waals surface area contributed by atoms with Gasteiger partial charge in [0.15, 0.2) is 0 Å². The number of rotatable bonds is 14. The highest BCUT2D eigenvalue weighted by molar-refractivity contribution is 7.02. The van der Waals surface area contributed by atoms with Gasteiger partial charge < -0.3 is 19.3 Å². The van der Waals surface area contributed by atoms with Crippen LogP contribution in [0.1, 0.15) is 31.8 Å². The second-order valence-electron chi connectivity index (χ2n) is 29.8. The minimum Gasteiger partial charge on any atom is -0.457 e. The fourth-order valence-corrected chi connectivity index (χ4v) is 19.0. The van der Waals surface area contributed by atoms with Gasteiger partial charge in [-0.15, -0.1) is 0 Å². The van der Waals surface area contributed by atoms with Crippen LogP contribution < -0.4 is 42.6 Å². The Morgan fingerprint density at radius 2 is 0.562 bits per heavy atom. The number of nitrogens with zero attached hydrogens (tertiary/aromatic N) is 2. The Kier molecular flexibility index (Phi) is 15.2. The minimum atomic E-state index is -0.414. The van der Waals surface area contributed by atoms with Gasteiger partial charge in [-0.2, -0.15) is 0 Å². The van der Waals surface area contributed by atoms with E-state index in [1.807, 2.05) is 60.7 Å². The summed E-state index contributed by atoms with van der Waals surface area (Å²) in [6, 6.07) is 135. The summed E-state index contributed by atoms with van der Waals surface area (Å²) >= 11 is 0. The Morgan fingerprint density at radius 1 is 0.250 bits per heavy atom. The van der Waals surface area contributed by atoms with Crippen LogP contribution in [0.5, 0.6) is 0 Å². The van der Waals surface area contributed by atoms with Crippen molar-refractivity contribution in [3.8, 4) is 89.0 Å². The second kappa shape index (κ2) is 26.2. The van der Waals surface area contributed by atoms with Crippen LogP contribution in [0.25, 0.3) is 121 Å². The van der Waals surface area contributed by atoms with Crippen molar-refractivity contribution in [2.24, 2.45) is 0 Å². The molecule has 0 N–H and O–H groups in total. The van der Waals surface area contributed by atoms with Crippen LogP contribution in [0.2, 0.25) is 0 Å². The van der Waals surface area contributed by atoms with E-state index in [0.717, 1.165) is 188 Å². The Morgan fingerprint density at radius 3 is 0.911 bits per heavy atom. The van der Waals surface area contributed by atoms with Crippen LogP contribution in [0, 0.1) is 0 Å². The fourth-order valence-electron chi connectivity index (χ4n) is 19.0. The maximum absolute atomic E-state index is 15.6. The van der Waals surface area contributed by atoms with E-state index < -0.39 is 11.9 Å². The Hall–Kier alpha value is -14.3. The number of esters is 2. The predicted octanol–water partition coefficient (Wildman–Crippen LogP) is 21.9. The summed E-state index contributed by atoms with van der Waals surface area (Å²) in [6.45, 7) is -0.489. The van der Waals surface area contributed by atoms with Crippen LogP contribution in [-0.2, 0) is 22.7 Å². The third-order valence-electron chi connectivity index (χ3n) is 23.6. The molecule has 0 atom stereocenters. The molecule has 22 rings (SSSR count). The molecule has 0 unspecified atom stereocenters. The molecular formula is C104H66B2N2O4. The van der Waals surface area contributed by atoms with Crippen LogP contribution in [0.4, 0.5) is 34.1 Å². The molecule has 0 saturated carbocycles. The van der Waals surface area contributed by atoms with E-state index in [-0.39, 0.29) is 26.6 Å². The van der Waals surface area contributed by atoms with Gasteiger partial charge in [0.05, 0.1) is 11.1 Å². The maximum atomic E-state index is 15.6. The highest BCUT2D eigenvalue weighted by Crippen LogP contribution is 2.56. The van der Waals surface area contributed by atoms with Crippen LogP contribution in [0.3, 0.4) is 0 Å². The summed E-state index contributed by atoms with van der Waals surface area (Å²) in [4.78, 5) is 36.0. The molecule has 18 aromatic carbocycles. The van der Waals surface area contributed by atoms with E-state index in [0.29, 0.717) is 11.1 Å². The number of benzene rings is 18. The number of hydrogen-bond donors (Lipinski definition) is 0. The Labute approximate surface area is 649 Å². The highest BCUT2D eigenvalue weighted by atomic mass is 16.5. The Bertz CT molecular complexity index is 6320. The van der Waals surface area contributed by atoms with Crippen molar-refractivity contribution < 1.29 is 19.1 Å². The third kappa shape index (κ3) is 10.2. The van der Waals surface area contributed by atoms with Gasteiger partial charge in [-0.3, -0.25) is 0 Å². The first-order valence-electron chi connectivity index (χ1n) is 38.5. The number of para-hydroxylation sites is 4. The monoisotopic (exact) mass is 1430 g/mol. The second-order valence-corrected chi connectivity index (χ2v) is 29.8. The molecular weight excluding hydrogens is 1360 g/mol. The summed E-state index contributed by atoms with van der Waals surface area (Å²) in [7, 11) is 0. The van der Waals surface area contributed by atoms with Gasteiger partial charge in [-0.25, -0.2) is 9.59 Å². The number of ether oxygens (including phenoxy) is 2. The molecule has 8 heteroatoms. The average Bonchev–Trinajstić information content (AvgIpc) is 0.660. The number of hydrogen-bond acceptors (Lipinski definition) is 6. The minimum absolute atomic E-state index is 0.106. The van der Waals surface area contributed by atoms with Crippen molar-refractivity contribution in [1.29, 1.82) is 0 Å². The molecule has 0 fully saturated rings. The van der Waals surface area contributed by atoms with E-state index in [2.05, 4.69) is 325 Å². The zero-order chi connectivity index (χ0) is 74.1. The van der Waals surface area contributed by atoms with Gasteiger partial charge in [0, 0.05) is 34.1 Å². The molecule has 0 saturated heterocycles. The largest absolute Gasteiger partial charge is 0.457 e. The van der Waals surface area contributed by atoms with Gasteiger partial charge in [-0.1, -0.05) is 314 Å². The van der Waals surface area contributed by atoms with Crippen molar-refractivity contribution in [3.63, 3.8) is 0 Å². The molecule has 4 aliphatic heterocycles. The molecule has 0 amide bonds. The molecule has 0 bridgehead atoms. The summed E-state index contributed by atoms with van der Waals surface area (Å²) in [5.74, 6) is -0.827. The number of carbonyl (C=O) groups is 2. The van der Waals surface area contributed by atoms with E-state index in [4.69, 9.17) is 9.47 Å². The lowest BCUT2D eigenvalue weighted by molar-refractivity contribution is 0.0464. The van der Waals surface area contributed by atoms with E-state index in [9.17, 15) is 0 Å². The third-order valence-corrected chi connectivity index (χ3v) is 23.6. The smallest absolute Gasteiger partial charge is 0.338 e. The average molecular weight is 1430 g/mol. The van der Waals surface area contributed by atoms with Crippen molar-refractivity contribution in [3.05, 3.63) is 398 Å². The topological polar surface area (TPSA) is 59.1 Å². The maximum Gasteiger partial charge on any atom is 0.338 e. The molecule has 6 nitrogen and oxygen atoms in total. The number of fused-ring (bicyclic) bond motifs is 8. The number of carbonyl (C=O) groups excluding carboxylic acids is 2.